The van der Waals surface area contributed by atoms with Crippen LogP contribution >= 0.6 is 0 Å². The number of benzene rings is 1. The minimum atomic E-state index is -1.11. The van der Waals surface area contributed by atoms with Gasteiger partial charge in [-0.1, -0.05) is 6.07 Å². The monoisotopic (exact) mass is 302 g/mol. The first-order valence-corrected chi connectivity index (χ1v) is 7.04. The number of carbonyl (C=O) groups is 2. The van der Waals surface area contributed by atoms with Crippen molar-refractivity contribution in [2.45, 2.75) is 26.7 Å². The number of hydrogen-bond donors (Lipinski definition) is 2. The summed E-state index contributed by atoms with van der Waals surface area (Å²) in [4.78, 5) is 23.7. The lowest BCUT2D eigenvalue weighted by molar-refractivity contribution is -0.126. The summed E-state index contributed by atoms with van der Waals surface area (Å²) in [6, 6.07) is 5.25. The number of carboxylic acids is 1. The molecule has 22 heavy (non-hydrogen) atoms. The van der Waals surface area contributed by atoms with Gasteiger partial charge in [0.1, 0.15) is 5.41 Å². The van der Waals surface area contributed by atoms with Crippen molar-refractivity contribution in [2.24, 2.45) is 5.41 Å². The van der Waals surface area contributed by atoms with Crippen LogP contribution in [0.4, 0.5) is 5.69 Å². The third-order valence-corrected chi connectivity index (χ3v) is 4.04. The zero-order valence-electron chi connectivity index (χ0n) is 12.6. The number of amides is 1. The van der Waals surface area contributed by atoms with Crippen LogP contribution in [0, 0.1) is 30.6 Å². The Bertz CT molecular complexity index is 655. The highest BCUT2D eigenvalue weighted by Crippen LogP contribution is 2.32. The molecule has 1 aliphatic heterocycles. The van der Waals surface area contributed by atoms with E-state index in [0.717, 1.165) is 5.56 Å². The lowest BCUT2D eigenvalue weighted by Crippen LogP contribution is -2.40. The maximum atomic E-state index is 12.5. The summed E-state index contributed by atoms with van der Waals surface area (Å²) in [6.45, 7) is 4.23. The number of nitrogens with zero attached hydrogens (tertiary/aromatic N) is 1. The average Bonchev–Trinajstić information content (AvgIpc) is 2.50. The van der Waals surface area contributed by atoms with Crippen molar-refractivity contribution in [1.29, 1.82) is 5.26 Å². The molecule has 0 radical (unpaired) electrons. The molecule has 1 heterocycles. The lowest BCUT2D eigenvalue weighted by Gasteiger charge is -2.29. The Balaban J connectivity index is 2.30. The standard InChI is InChI=1S/C16H18N2O4/c1-10-7-11(2)13(8-12(10)14(19)20)18-15(21)16(9-17)3-5-22-6-4-16/h7-8H,3-6H2,1-2H3,(H,18,21)(H,19,20). The van der Waals surface area contributed by atoms with Crippen LogP contribution in [0.15, 0.2) is 12.1 Å². The second-order valence-corrected chi connectivity index (χ2v) is 5.55. The van der Waals surface area contributed by atoms with E-state index in [9.17, 15) is 20.0 Å². The summed E-state index contributed by atoms with van der Waals surface area (Å²) in [6.07, 6.45) is 0.679. The number of aromatic carboxylic acids is 1. The normalized spacial score (nSPS) is 16.6. The van der Waals surface area contributed by atoms with Crippen molar-refractivity contribution in [1.82, 2.24) is 0 Å². The van der Waals surface area contributed by atoms with Gasteiger partial charge in [-0.2, -0.15) is 5.26 Å². The van der Waals surface area contributed by atoms with E-state index in [1.807, 2.05) is 0 Å². The second-order valence-electron chi connectivity index (χ2n) is 5.55. The maximum Gasteiger partial charge on any atom is 0.336 e. The number of rotatable bonds is 3. The van der Waals surface area contributed by atoms with Gasteiger partial charge in [-0.3, -0.25) is 4.79 Å². The number of carboxylic acid groups (broad SMARTS) is 1. The van der Waals surface area contributed by atoms with Gasteiger partial charge in [0.05, 0.1) is 11.6 Å². The molecule has 0 aliphatic carbocycles. The molecule has 116 valence electrons. The Labute approximate surface area is 128 Å². The predicted octanol–water partition coefficient (Wildman–Crippen LogP) is 2.26. The van der Waals surface area contributed by atoms with E-state index in [0.29, 0.717) is 37.3 Å². The van der Waals surface area contributed by atoms with Crippen molar-refractivity contribution in [3.63, 3.8) is 0 Å². The quantitative estimate of drug-likeness (QED) is 0.892. The van der Waals surface area contributed by atoms with Gasteiger partial charge in [-0.25, -0.2) is 4.79 Å². The lowest BCUT2D eigenvalue weighted by atomic mass is 9.80. The fourth-order valence-electron chi connectivity index (χ4n) is 2.57. The largest absolute Gasteiger partial charge is 0.478 e. The molecule has 0 aromatic heterocycles. The van der Waals surface area contributed by atoms with E-state index < -0.39 is 17.3 Å². The van der Waals surface area contributed by atoms with Crippen LogP contribution in [0.25, 0.3) is 0 Å². The Hall–Kier alpha value is -2.39. The van der Waals surface area contributed by atoms with E-state index in [-0.39, 0.29) is 5.56 Å². The molecule has 6 nitrogen and oxygen atoms in total. The van der Waals surface area contributed by atoms with Gasteiger partial charge in [0.15, 0.2) is 0 Å². The van der Waals surface area contributed by atoms with E-state index in [2.05, 4.69) is 11.4 Å². The van der Waals surface area contributed by atoms with Crippen molar-refractivity contribution in [3.8, 4) is 6.07 Å². The molecule has 0 spiro atoms. The summed E-state index contributed by atoms with van der Waals surface area (Å²) in [7, 11) is 0. The zero-order valence-corrected chi connectivity index (χ0v) is 12.6. The SMILES string of the molecule is Cc1cc(C)c(C(=O)O)cc1NC(=O)C1(C#N)CCOCC1. The zero-order chi connectivity index (χ0) is 16.3. The Kier molecular flexibility index (Phi) is 4.48. The van der Waals surface area contributed by atoms with Crippen molar-refractivity contribution in [3.05, 3.63) is 28.8 Å². The highest BCUT2D eigenvalue weighted by molar-refractivity contribution is 5.99. The number of nitrogens with one attached hydrogen (secondary N) is 1. The summed E-state index contributed by atoms with van der Waals surface area (Å²) in [5.74, 6) is -1.45. The third-order valence-electron chi connectivity index (χ3n) is 4.04. The van der Waals surface area contributed by atoms with E-state index in [4.69, 9.17) is 4.74 Å². The van der Waals surface area contributed by atoms with Crippen LogP contribution in [0.1, 0.15) is 34.3 Å². The van der Waals surface area contributed by atoms with Gasteiger partial charge in [0.2, 0.25) is 5.91 Å². The molecular formula is C16H18N2O4. The summed E-state index contributed by atoms with van der Waals surface area (Å²) in [5.41, 5.74) is 0.840. The molecule has 1 aromatic rings. The van der Waals surface area contributed by atoms with Crippen LogP contribution in [0.2, 0.25) is 0 Å². The number of nitriles is 1. The molecule has 1 saturated heterocycles. The van der Waals surface area contributed by atoms with Gasteiger partial charge in [0, 0.05) is 18.9 Å². The molecule has 0 bridgehead atoms. The first kappa shape index (κ1) is 16.0. The van der Waals surface area contributed by atoms with Crippen LogP contribution in [0.5, 0.6) is 0 Å². The molecule has 0 saturated carbocycles. The van der Waals surface area contributed by atoms with Gasteiger partial charge >= 0.3 is 5.97 Å². The molecule has 2 rings (SSSR count). The van der Waals surface area contributed by atoms with Crippen LogP contribution < -0.4 is 5.32 Å². The Morgan fingerprint density at radius 1 is 1.27 bits per heavy atom. The Morgan fingerprint density at radius 3 is 2.45 bits per heavy atom. The molecule has 1 amide bonds. The van der Waals surface area contributed by atoms with Crippen molar-refractivity contribution >= 4 is 17.6 Å². The number of anilines is 1. The maximum absolute atomic E-state index is 12.5. The minimum absolute atomic E-state index is 0.138. The molecule has 0 atom stereocenters. The molecular weight excluding hydrogens is 284 g/mol. The highest BCUT2D eigenvalue weighted by Gasteiger charge is 2.40. The highest BCUT2D eigenvalue weighted by atomic mass is 16.5. The first-order chi connectivity index (χ1) is 10.4. The van der Waals surface area contributed by atoms with Crippen LogP contribution in [-0.2, 0) is 9.53 Å². The summed E-state index contributed by atoms with van der Waals surface area (Å²) >= 11 is 0. The van der Waals surface area contributed by atoms with Crippen molar-refractivity contribution in [2.75, 3.05) is 18.5 Å². The van der Waals surface area contributed by atoms with Gasteiger partial charge in [-0.15, -0.1) is 0 Å². The number of aryl methyl sites for hydroxylation is 2. The van der Waals surface area contributed by atoms with Gasteiger partial charge < -0.3 is 15.2 Å². The minimum Gasteiger partial charge on any atom is -0.478 e. The second kappa shape index (κ2) is 6.16. The predicted molar refractivity (Wildman–Crippen MR) is 79.6 cm³/mol. The fourth-order valence-corrected chi connectivity index (χ4v) is 2.57. The Morgan fingerprint density at radius 2 is 1.91 bits per heavy atom. The smallest absolute Gasteiger partial charge is 0.336 e. The van der Waals surface area contributed by atoms with E-state index in [1.165, 1.54) is 6.07 Å². The summed E-state index contributed by atoms with van der Waals surface area (Å²) < 4.78 is 5.21. The van der Waals surface area contributed by atoms with Crippen LogP contribution in [-0.4, -0.2) is 30.2 Å². The van der Waals surface area contributed by atoms with Crippen LogP contribution in [0.3, 0.4) is 0 Å². The number of ether oxygens (including phenoxy) is 1. The first-order valence-electron chi connectivity index (χ1n) is 7.04. The molecule has 1 aliphatic rings. The molecule has 1 fully saturated rings. The third kappa shape index (κ3) is 2.95. The summed E-state index contributed by atoms with van der Waals surface area (Å²) in [5, 5.41) is 21.3. The molecule has 6 heteroatoms. The molecule has 0 unspecified atom stereocenters. The topological polar surface area (TPSA) is 99.4 Å². The van der Waals surface area contributed by atoms with E-state index >= 15 is 0 Å². The fraction of sp³-hybridized carbons (Fsp3) is 0.438. The molecule has 2 N–H and O–H groups in total. The van der Waals surface area contributed by atoms with Crippen molar-refractivity contribution < 1.29 is 19.4 Å². The number of carbonyl (C=O) groups excluding carboxylic acids is 1. The average molecular weight is 302 g/mol. The number of hydrogen-bond acceptors (Lipinski definition) is 4. The molecule has 1 aromatic carbocycles. The van der Waals surface area contributed by atoms with E-state index in [1.54, 1.807) is 19.9 Å². The van der Waals surface area contributed by atoms with Gasteiger partial charge in [-0.05, 0) is 43.9 Å². The van der Waals surface area contributed by atoms with Gasteiger partial charge in [0.25, 0.3) is 0 Å².